The van der Waals surface area contributed by atoms with Gasteiger partial charge in [-0.15, -0.1) is 0 Å². The van der Waals surface area contributed by atoms with Gasteiger partial charge in [-0.3, -0.25) is 4.99 Å². The van der Waals surface area contributed by atoms with Crippen LogP contribution >= 0.6 is 0 Å². The molecule has 162 valence electrons. The molecule has 6 nitrogen and oxygen atoms in total. The molecule has 0 spiro atoms. The largest absolute Gasteiger partial charge is 0.491 e. The van der Waals surface area contributed by atoms with Crippen molar-refractivity contribution < 1.29 is 19.0 Å². The Kier molecular flexibility index (Phi) is 8.32. The quantitative estimate of drug-likeness (QED) is 0.512. The zero-order valence-electron chi connectivity index (χ0n) is 17.3. The van der Waals surface area contributed by atoms with Crippen LogP contribution in [-0.4, -0.2) is 61.0 Å². The highest BCUT2D eigenvalue weighted by molar-refractivity contribution is 5.80. The van der Waals surface area contributed by atoms with Crippen molar-refractivity contribution in [2.24, 2.45) is 4.99 Å². The average molecular weight is 416 g/mol. The minimum atomic E-state index is -0.748. The first-order chi connectivity index (χ1) is 14.6. The van der Waals surface area contributed by atoms with Gasteiger partial charge in [0.05, 0.1) is 6.54 Å². The zero-order chi connectivity index (χ0) is 21.2. The number of likely N-dealkylation sites (tertiary alicyclic amines) is 1. The Labute approximate surface area is 177 Å². The highest BCUT2D eigenvalue weighted by atomic mass is 19.1. The highest BCUT2D eigenvalue weighted by Crippen LogP contribution is 2.18. The molecule has 1 fully saturated rings. The van der Waals surface area contributed by atoms with Crippen molar-refractivity contribution in [3.8, 4) is 11.5 Å². The molecule has 0 bridgehead atoms. The molecule has 30 heavy (non-hydrogen) atoms. The van der Waals surface area contributed by atoms with Gasteiger partial charge >= 0.3 is 0 Å². The van der Waals surface area contributed by atoms with Crippen LogP contribution in [0.2, 0.25) is 0 Å². The van der Waals surface area contributed by atoms with Crippen molar-refractivity contribution in [1.29, 1.82) is 0 Å². The lowest BCUT2D eigenvalue weighted by Gasteiger charge is -2.34. The summed E-state index contributed by atoms with van der Waals surface area (Å²) >= 11 is 0. The van der Waals surface area contributed by atoms with Crippen LogP contribution < -0.4 is 14.8 Å². The Bertz CT molecular complexity index is 778. The Morgan fingerprint density at radius 3 is 2.50 bits per heavy atom. The van der Waals surface area contributed by atoms with Crippen molar-refractivity contribution >= 4 is 5.96 Å². The molecule has 1 aliphatic rings. The molecule has 1 atom stereocenters. The number of halogens is 1. The van der Waals surface area contributed by atoms with Crippen LogP contribution in [0.5, 0.6) is 11.5 Å². The monoisotopic (exact) mass is 415 g/mol. The van der Waals surface area contributed by atoms with Crippen molar-refractivity contribution in [1.82, 2.24) is 10.2 Å². The fourth-order valence-corrected chi connectivity index (χ4v) is 3.27. The van der Waals surface area contributed by atoms with Gasteiger partial charge in [-0.1, -0.05) is 18.2 Å². The first-order valence-electron chi connectivity index (χ1n) is 10.5. The topological polar surface area (TPSA) is 66.3 Å². The Morgan fingerprint density at radius 2 is 1.83 bits per heavy atom. The maximum absolute atomic E-state index is 12.9. The third-order valence-corrected chi connectivity index (χ3v) is 4.83. The Hall–Kier alpha value is -2.80. The molecule has 0 amide bonds. The number of rotatable bonds is 8. The van der Waals surface area contributed by atoms with Crippen molar-refractivity contribution in [3.63, 3.8) is 0 Å². The highest BCUT2D eigenvalue weighted by Gasteiger charge is 2.23. The first kappa shape index (κ1) is 21.9. The Morgan fingerprint density at radius 1 is 1.13 bits per heavy atom. The van der Waals surface area contributed by atoms with E-state index in [9.17, 15) is 9.50 Å². The van der Waals surface area contributed by atoms with Crippen LogP contribution in [0, 0.1) is 5.82 Å². The molecule has 1 aliphatic heterocycles. The van der Waals surface area contributed by atoms with E-state index in [1.165, 1.54) is 24.3 Å². The van der Waals surface area contributed by atoms with Crippen LogP contribution in [-0.2, 0) is 0 Å². The second kappa shape index (κ2) is 11.4. The fraction of sp³-hybridized carbons (Fsp3) is 0.435. The standard InChI is InChI=1S/C23H30FN3O3/c1-2-25-23(26-16-19(28)17-29-20-10-8-18(24)9-11-20)27-14-12-22(13-15-27)30-21-6-4-3-5-7-21/h3-11,19,22,28H,2,12-17H2,1H3,(H,25,26). The number of para-hydroxylation sites is 1. The fourth-order valence-electron chi connectivity index (χ4n) is 3.27. The van der Waals surface area contributed by atoms with E-state index >= 15 is 0 Å². The van der Waals surface area contributed by atoms with E-state index in [1.807, 2.05) is 37.3 Å². The zero-order valence-corrected chi connectivity index (χ0v) is 17.3. The van der Waals surface area contributed by atoms with E-state index in [0.717, 1.165) is 44.2 Å². The van der Waals surface area contributed by atoms with Crippen molar-refractivity contribution in [2.45, 2.75) is 32.0 Å². The predicted molar refractivity (Wildman–Crippen MR) is 116 cm³/mol. The van der Waals surface area contributed by atoms with Crippen LogP contribution in [0.4, 0.5) is 4.39 Å². The number of ether oxygens (including phenoxy) is 2. The number of nitrogens with zero attached hydrogens (tertiary/aromatic N) is 2. The van der Waals surface area contributed by atoms with Gasteiger partial charge in [-0.05, 0) is 43.3 Å². The number of hydrogen-bond donors (Lipinski definition) is 2. The van der Waals surface area contributed by atoms with Gasteiger partial charge in [0.2, 0.25) is 0 Å². The number of hydrogen-bond acceptors (Lipinski definition) is 4. The lowest BCUT2D eigenvalue weighted by Crippen LogP contribution is -2.47. The van der Waals surface area contributed by atoms with E-state index < -0.39 is 6.10 Å². The molecule has 0 radical (unpaired) electrons. The van der Waals surface area contributed by atoms with Gasteiger partial charge in [-0.25, -0.2) is 4.39 Å². The number of benzene rings is 2. The maximum Gasteiger partial charge on any atom is 0.194 e. The van der Waals surface area contributed by atoms with Crippen LogP contribution in [0.25, 0.3) is 0 Å². The van der Waals surface area contributed by atoms with Gasteiger partial charge in [0.25, 0.3) is 0 Å². The van der Waals surface area contributed by atoms with E-state index in [-0.39, 0.29) is 25.1 Å². The first-order valence-corrected chi connectivity index (χ1v) is 10.5. The molecule has 3 rings (SSSR count). The molecule has 2 aromatic carbocycles. The SMILES string of the molecule is CCNC(=NCC(O)COc1ccc(F)cc1)N1CCC(Oc2ccccc2)CC1. The molecule has 1 saturated heterocycles. The van der Waals surface area contributed by atoms with E-state index in [0.29, 0.717) is 5.75 Å². The summed E-state index contributed by atoms with van der Waals surface area (Å²) in [5.74, 6) is 1.89. The molecule has 2 aromatic rings. The maximum atomic E-state index is 12.9. The number of guanidine groups is 1. The van der Waals surface area contributed by atoms with Crippen molar-refractivity contribution in [3.05, 3.63) is 60.4 Å². The number of nitrogens with one attached hydrogen (secondary N) is 1. The molecule has 0 aliphatic carbocycles. The summed E-state index contributed by atoms with van der Waals surface area (Å²) in [4.78, 5) is 6.77. The molecule has 2 N–H and O–H groups in total. The normalized spacial score (nSPS) is 16.2. The molecule has 0 aromatic heterocycles. The summed E-state index contributed by atoms with van der Waals surface area (Å²) in [5, 5.41) is 13.5. The lowest BCUT2D eigenvalue weighted by molar-refractivity contribution is 0.113. The molecule has 7 heteroatoms. The average Bonchev–Trinajstić information content (AvgIpc) is 2.77. The summed E-state index contributed by atoms with van der Waals surface area (Å²) in [6.07, 6.45) is 1.27. The molecule has 0 saturated carbocycles. The molecule has 1 heterocycles. The summed E-state index contributed by atoms with van der Waals surface area (Å²) in [6, 6.07) is 15.6. The smallest absolute Gasteiger partial charge is 0.194 e. The lowest BCUT2D eigenvalue weighted by atomic mass is 10.1. The van der Waals surface area contributed by atoms with Crippen LogP contribution in [0.3, 0.4) is 0 Å². The second-order valence-electron chi connectivity index (χ2n) is 7.23. The van der Waals surface area contributed by atoms with E-state index in [2.05, 4.69) is 15.2 Å². The van der Waals surface area contributed by atoms with Crippen molar-refractivity contribution in [2.75, 3.05) is 32.8 Å². The van der Waals surface area contributed by atoms with Crippen LogP contribution in [0.15, 0.2) is 59.6 Å². The molecular formula is C23H30FN3O3. The number of piperidine rings is 1. The second-order valence-corrected chi connectivity index (χ2v) is 7.23. The van der Waals surface area contributed by atoms with E-state index in [1.54, 1.807) is 0 Å². The number of aliphatic hydroxyl groups is 1. The van der Waals surface area contributed by atoms with Gasteiger partial charge in [0.1, 0.15) is 36.1 Å². The van der Waals surface area contributed by atoms with Gasteiger partial charge in [0, 0.05) is 32.5 Å². The molecule has 1 unspecified atom stereocenters. The minimum absolute atomic E-state index is 0.0987. The number of aliphatic hydroxyl groups excluding tert-OH is 1. The Balaban J connectivity index is 1.46. The van der Waals surface area contributed by atoms with Gasteiger partial charge < -0.3 is 24.8 Å². The third-order valence-electron chi connectivity index (χ3n) is 4.83. The van der Waals surface area contributed by atoms with E-state index in [4.69, 9.17) is 9.47 Å². The summed E-state index contributed by atoms with van der Waals surface area (Å²) in [6.45, 7) is 4.78. The minimum Gasteiger partial charge on any atom is -0.491 e. The summed E-state index contributed by atoms with van der Waals surface area (Å²) in [5.41, 5.74) is 0. The van der Waals surface area contributed by atoms with Gasteiger partial charge in [-0.2, -0.15) is 0 Å². The molecular weight excluding hydrogens is 385 g/mol. The number of aliphatic imine (C=N–C) groups is 1. The summed E-state index contributed by atoms with van der Waals surface area (Å²) < 4.78 is 24.5. The summed E-state index contributed by atoms with van der Waals surface area (Å²) in [7, 11) is 0. The van der Waals surface area contributed by atoms with Gasteiger partial charge in [0.15, 0.2) is 5.96 Å². The predicted octanol–water partition coefficient (Wildman–Crippen LogP) is 3.07. The van der Waals surface area contributed by atoms with Crippen LogP contribution in [0.1, 0.15) is 19.8 Å². The third kappa shape index (κ3) is 6.91.